The van der Waals surface area contributed by atoms with Crippen LogP contribution in [0.1, 0.15) is 0 Å². The molecule has 0 saturated heterocycles. The molecule has 0 nitrogen and oxygen atoms in total. The van der Waals surface area contributed by atoms with Crippen LogP contribution < -0.4 is 5.30 Å². The molecule has 0 fully saturated rings. The first-order chi connectivity index (χ1) is 3.93. The van der Waals surface area contributed by atoms with Crippen molar-refractivity contribution < 1.29 is 20.5 Å². The molecule has 0 bridgehead atoms. The van der Waals surface area contributed by atoms with Crippen LogP contribution in [0.25, 0.3) is 0 Å². The molecule has 1 rings (SSSR count). The van der Waals surface area contributed by atoms with Gasteiger partial charge in [-0.15, -0.1) is 0 Å². The minimum absolute atomic E-state index is 0.874. The molecule has 0 radical (unpaired) electrons. The average molecular weight is 306 g/mol. The Labute approximate surface area is 62.8 Å². The Morgan fingerprint density at radius 2 is 1.75 bits per heavy atom. The van der Waals surface area contributed by atoms with Crippen LogP contribution in [0.3, 0.4) is 0 Å². The van der Waals surface area contributed by atoms with E-state index in [0.29, 0.717) is 0 Å². The van der Waals surface area contributed by atoms with Crippen molar-refractivity contribution in [1.29, 1.82) is 0 Å². The monoisotopic (exact) mass is 306 g/mol. The Hall–Kier alpha value is 0.390. The Balaban J connectivity index is 2.83. The third-order valence-electron chi connectivity index (χ3n) is 0.861. The van der Waals surface area contributed by atoms with Crippen molar-refractivity contribution in [3.05, 3.63) is 30.3 Å². The van der Waals surface area contributed by atoms with Crippen LogP contribution >= 0.6 is 6.47 Å². The maximum atomic E-state index is 2.54. The predicted octanol–water partition coefficient (Wildman–Crippen LogP) is 1.45. The van der Waals surface area contributed by atoms with E-state index in [1.807, 2.05) is 6.07 Å². The van der Waals surface area contributed by atoms with Crippen LogP contribution in [0, 0.1) is 0 Å². The molecule has 2 heteroatoms. The summed E-state index contributed by atoms with van der Waals surface area (Å²) in [6, 6.07) is 10.4. The summed E-state index contributed by atoms with van der Waals surface area (Å²) in [6.07, 6.45) is 0. The van der Waals surface area contributed by atoms with Gasteiger partial charge in [-0.25, -0.2) is 0 Å². The van der Waals surface area contributed by atoms with E-state index in [1.165, 1.54) is 5.30 Å². The molecule has 0 spiro atoms. The molecule has 8 heavy (non-hydrogen) atoms. The second kappa shape index (κ2) is 3.42. The zero-order chi connectivity index (χ0) is 5.82. The van der Waals surface area contributed by atoms with E-state index in [-0.39, 0.29) is 0 Å². The van der Waals surface area contributed by atoms with Crippen molar-refractivity contribution in [3.63, 3.8) is 0 Å². The third-order valence-corrected chi connectivity index (χ3v) is 3.24. The molecule has 1 aromatic carbocycles. The number of rotatable bonds is 1. The second-order valence-electron chi connectivity index (χ2n) is 1.44. The van der Waals surface area contributed by atoms with Crippen LogP contribution in [0.5, 0.6) is 0 Å². The summed E-state index contributed by atoms with van der Waals surface area (Å²) in [6.45, 7) is 0.874. The zero-order valence-corrected chi connectivity index (χ0v) is 7.35. The van der Waals surface area contributed by atoms with Gasteiger partial charge in [-0.05, 0) is 0 Å². The van der Waals surface area contributed by atoms with Crippen LogP contribution in [0.15, 0.2) is 30.3 Å². The Bertz CT molecular complexity index is 150. The fourth-order valence-electron chi connectivity index (χ4n) is 0.488. The third kappa shape index (κ3) is 1.72. The summed E-state index contributed by atoms with van der Waals surface area (Å²) in [4.78, 5) is 0. The van der Waals surface area contributed by atoms with Gasteiger partial charge < -0.3 is 0 Å². The molecule has 1 aromatic rings. The van der Waals surface area contributed by atoms with Crippen molar-refractivity contribution in [2.75, 3.05) is 0 Å². The predicted molar refractivity (Wildman–Crippen MR) is 34.4 cm³/mol. The van der Waals surface area contributed by atoms with Gasteiger partial charge in [0.2, 0.25) is 0 Å². The Morgan fingerprint density at radius 3 is 2.12 bits per heavy atom. The van der Waals surface area contributed by atoms with Crippen molar-refractivity contribution in [2.24, 2.45) is 0 Å². The zero-order valence-electron chi connectivity index (χ0n) is 4.19. The first-order valence-electron chi connectivity index (χ1n) is 2.31. The standard InChI is InChI=1S/C6H6P.Au/c7-6-4-2-1-3-5-6;/h1-5,7H;/q-1;+1. The fourth-order valence-corrected chi connectivity index (χ4v) is 1.86. The van der Waals surface area contributed by atoms with Gasteiger partial charge in [0.15, 0.2) is 0 Å². The quantitative estimate of drug-likeness (QED) is 0.544. The molecule has 1 atom stereocenters. The van der Waals surface area contributed by atoms with Gasteiger partial charge in [0.1, 0.15) is 0 Å². The van der Waals surface area contributed by atoms with E-state index in [2.05, 4.69) is 44.8 Å². The molecule has 0 amide bonds. The SMILES string of the molecule is [Au][PH]c1ccccc1. The second-order valence-corrected chi connectivity index (χ2v) is 3.79. The van der Waals surface area contributed by atoms with E-state index >= 15 is 0 Å². The summed E-state index contributed by atoms with van der Waals surface area (Å²) in [5.41, 5.74) is 0. The van der Waals surface area contributed by atoms with Crippen molar-refractivity contribution in [3.8, 4) is 0 Å². The average Bonchev–Trinajstić information content (AvgIpc) is 1.90. The Morgan fingerprint density at radius 1 is 1.12 bits per heavy atom. The summed E-state index contributed by atoms with van der Waals surface area (Å²) >= 11 is 2.54. The molecule has 0 aliphatic carbocycles. The Kier molecular flexibility index (Phi) is 2.78. The molecule has 0 aliphatic heterocycles. The van der Waals surface area contributed by atoms with Gasteiger partial charge in [-0.2, -0.15) is 0 Å². The van der Waals surface area contributed by atoms with Gasteiger partial charge in [0.05, 0.1) is 0 Å². The fraction of sp³-hybridized carbons (Fsp3) is 0. The molecular weight excluding hydrogens is 300 g/mol. The number of hydrogen-bond acceptors (Lipinski definition) is 0. The van der Waals surface area contributed by atoms with E-state index < -0.39 is 0 Å². The maximum absolute atomic E-state index is 2.54. The molecule has 0 aromatic heterocycles. The van der Waals surface area contributed by atoms with Gasteiger partial charge >= 0.3 is 62.6 Å². The summed E-state index contributed by atoms with van der Waals surface area (Å²) in [5, 5.41) is 1.41. The molecule has 0 aliphatic rings. The van der Waals surface area contributed by atoms with Crippen molar-refractivity contribution in [1.82, 2.24) is 0 Å². The van der Waals surface area contributed by atoms with Crippen LogP contribution in [-0.4, -0.2) is 0 Å². The van der Waals surface area contributed by atoms with Crippen LogP contribution in [0.4, 0.5) is 0 Å². The minimum atomic E-state index is 0.874. The first kappa shape index (κ1) is 6.51. The number of benzene rings is 1. The van der Waals surface area contributed by atoms with Gasteiger partial charge in [0.25, 0.3) is 0 Å². The molecule has 0 N–H and O–H groups in total. The molecule has 46 valence electrons. The summed E-state index contributed by atoms with van der Waals surface area (Å²) in [5.74, 6) is 0. The van der Waals surface area contributed by atoms with E-state index in [4.69, 9.17) is 0 Å². The van der Waals surface area contributed by atoms with Gasteiger partial charge in [0, 0.05) is 0 Å². The van der Waals surface area contributed by atoms with E-state index in [1.54, 1.807) is 0 Å². The van der Waals surface area contributed by atoms with Gasteiger partial charge in [-0.3, -0.25) is 0 Å². The van der Waals surface area contributed by atoms with E-state index in [9.17, 15) is 0 Å². The molecule has 0 heterocycles. The first-order valence-corrected chi connectivity index (χ1v) is 6.36. The normalized spacial score (nSPS) is 10.8. The molecule has 0 saturated carbocycles. The topological polar surface area (TPSA) is 0 Å². The molecule has 1 unspecified atom stereocenters. The van der Waals surface area contributed by atoms with E-state index in [0.717, 1.165) is 6.47 Å². The van der Waals surface area contributed by atoms with Crippen LogP contribution in [0.2, 0.25) is 0 Å². The van der Waals surface area contributed by atoms with Crippen LogP contribution in [-0.2, 0) is 20.5 Å². The summed E-state index contributed by atoms with van der Waals surface area (Å²) < 4.78 is 0. The van der Waals surface area contributed by atoms with Crippen molar-refractivity contribution >= 4 is 11.8 Å². The number of hydrogen-bond donors (Lipinski definition) is 0. The van der Waals surface area contributed by atoms with Crippen molar-refractivity contribution in [2.45, 2.75) is 0 Å². The molecular formula is C6H6AuP. The van der Waals surface area contributed by atoms with Gasteiger partial charge in [-0.1, -0.05) is 0 Å². The summed E-state index contributed by atoms with van der Waals surface area (Å²) in [7, 11) is 0.